The fraction of sp³-hybridized carbons (Fsp3) is 0.500. The Balaban J connectivity index is 0.00000242. The van der Waals surface area contributed by atoms with Crippen LogP contribution in [0.3, 0.4) is 0 Å². The Hall–Kier alpha value is -1.34. The highest BCUT2D eigenvalue weighted by Crippen LogP contribution is 2.32. The van der Waals surface area contributed by atoms with Gasteiger partial charge >= 0.3 is 6.18 Å². The third-order valence-corrected chi connectivity index (χ3v) is 3.69. The summed E-state index contributed by atoms with van der Waals surface area (Å²) in [6.45, 7) is 3.28. The second-order valence-electron chi connectivity index (χ2n) is 5.21. The molecule has 2 atom stereocenters. The molecular weight excluding hydrogens is 324 g/mol. The highest BCUT2D eigenvalue weighted by Gasteiger charge is 2.36. The molecule has 1 aliphatic heterocycles. The van der Waals surface area contributed by atoms with Gasteiger partial charge in [-0.3, -0.25) is 4.79 Å². The summed E-state index contributed by atoms with van der Waals surface area (Å²) in [5.41, 5.74) is -2.01. The van der Waals surface area contributed by atoms with Crippen LogP contribution >= 0.6 is 12.4 Å². The van der Waals surface area contributed by atoms with Crippen LogP contribution in [-0.2, 0) is 6.18 Å². The number of rotatable bonds is 2. The van der Waals surface area contributed by atoms with Gasteiger partial charge in [0.05, 0.1) is 11.1 Å². The summed E-state index contributed by atoms with van der Waals surface area (Å²) in [6.07, 6.45) is -3.98. The molecule has 3 nitrogen and oxygen atoms in total. The van der Waals surface area contributed by atoms with Crippen molar-refractivity contribution in [2.75, 3.05) is 13.1 Å². The van der Waals surface area contributed by atoms with E-state index in [1.807, 2.05) is 6.92 Å². The Morgan fingerprint density at radius 1 is 1.36 bits per heavy atom. The van der Waals surface area contributed by atoms with Crippen LogP contribution in [0.2, 0.25) is 0 Å². The average Bonchev–Trinajstić information content (AvgIpc) is 2.40. The molecule has 0 spiro atoms. The molecular formula is C14H17ClF4N2O. The fourth-order valence-electron chi connectivity index (χ4n) is 2.36. The van der Waals surface area contributed by atoms with Crippen molar-refractivity contribution < 1.29 is 22.4 Å². The largest absolute Gasteiger partial charge is 0.419 e. The molecule has 0 aromatic heterocycles. The van der Waals surface area contributed by atoms with Crippen LogP contribution < -0.4 is 10.6 Å². The highest BCUT2D eigenvalue weighted by molar-refractivity contribution is 5.95. The van der Waals surface area contributed by atoms with Gasteiger partial charge in [-0.25, -0.2) is 4.39 Å². The lowest BCUT2D eigenvalue weighted by molar-refractivity contribution is -0.140. The molecule has 8 heteroatoms. The zero-order valence-corrected chi connectivity index (χ0v) is 12.7. The van der Waals surface area contributed by atoms with Crippen LogP contribution in [0.25, 0.3) is 0 Å². The number of hydrogen-bond acceptors (Lipinski definition) is 2. The maximum absolute atomic E-state index is 13.9. The summed E-state index contributed by atoms with van der Waals surface area (Å²) < 4.78 is 51.8. The van der Waals surface area contributed by atoms with E-state index in [-0.39, 0.29) is 24.4 Å². The molecule has 0 radical (unpaired) electrons. The topological polar surface area (TPSA) is 41.1 Å². The van der Waals surface area contributed by atoms with Crippen LogP contribution in [0, 0.1) is 11.7 Å². The van der Waals surface area contributed by atoms with Gasteiger partial charge in [-0.05, 0) is 31.0 Å². The number of carbonyl (C=O) groups excluding carboxylic acids is 1. The molecule has 1 amide bonds. The first-order chi connectivity index (χ1) is 9.80. The van der Waals surface area contributed by atoms with E-state index in [0.717, 1.165) is 25.1 Å². The third-order valence-electron chi connectivity index (χ3n) is 3.69. The molecule has 2 rings (SSSR count). The lowest BCUT2D eigenvalue weighted by Gasteiger charge is -2.30. The number of piperidine rings is 1. The normalized spacial score (nSPS) is 21.9. The van der Waals surface area contributed by atoms with E-state index >= 15 is 0 Å². The summed E-state index contributed by atoms with van der Waals surface area (Å²) in [5.74, 6) is -2.16. The molecule has 1 aromatic carbocycles. The van der Waals surface area contributed by atoms with Crippen molar-refractivity contribution in [3.05, 3.63) is 35.1 Å². The summed E-state index contributed by atoms with van der Waals surface area (Å²) in [7, 11) is 0. The van der Waals surface area contributed by atoms with E-state index in [9.17, 15) is 22.4 Å². The zero-order valence-electron chi connectivity index (χ0n) is 11.8. The van der Waals surface area contributed by atoms with Gasteiger partial charge in [0.2, 0.25) is 0 Å². The van der Waals surface area contributed by atoms with Crippen LogP contribution in [0.15, 0.2) is 18.2 Å². The molecule has 1 saturated heterocycles. The van der Waals surface area contributed by atoms with Crippen molar-refractivity contribution in [2.24, 2.45) is 5.92 Å². The number of hydrogen-bond donors (Lipinski definition) is 2. The van der Waals surface area contributed by atoms with Gasteiger partial charge < -0.3 is 10.6 Å². The van der Waals surface area contributed by atoms with Crippen molar-refractivity contribution in [1.29, 1.82) is 0 Å². The van der Waals surface area contributed by atoms with Crippen LogP contribution in [0.1, 0.15) is 29.3 Å². The van der Waals surface area contributed by atoms with Crippen LogP contribution in [-0.4, -0.2) is 25.0 Å². The predicted octanol–water partition coefficient (Wildman–Crippen LogP) is 2.99. The molecule has 1 heterocycles. The summed E-state index contributed by atoms with van der Waals surface area (Å²) in [6, 6.07) is 2.49. The SMILES string of the molecule is CC1CCNCC1NC(=O)c1cccc(C(F)(F)F)c1F.Cl. The number of nitrogens with one attached hydrogen (secondary N) is 2. The van der Waals surface area contributed by atoms with Gasteiger partial charge in [-0.2, -0.15) is 13.2 Å². The van der Waals surface area contributed by atoms with Crippen LogP contribution in [0.4, 0.5) is 17.6 Å². The Morgan fingerprint density at radius 3 is 2.64 bits per heavy atom. The minimum Gasteiger partial charge on any atom is -0.348 e. The van der Waals surface area contributed by atoms with Crippen LogP contribution in [0.5, 0.6) is 0 Å². The lowest BCUT2D eigenvalue weighted by Crippen LogP contribution is -2.50. The Morgan fingerprint density at radius 2 is 2.05 bits per heavy atom. The molecule has 2 unspecified atom stereocenters. The zero-order chi connectivity index (χ0) is 15.6. The number of benzene rings is 1. The second-order valence-corrected chi connectivity index (χ2v) is 5.21. The van der Waals surface area contributed by atoms with Gasteiger partial charge in [-0.1, -0.05) is 13.0 Å². The van der Waals surface area contributed by atoms with E-state index < -0.39 is 29.0 Å². The van der Waals surface area contributed by atoms with Gasteiger partial charge in [-0.15, -0.1) is 12.4 Å². The smallest absolute Gasteiger partial charge is 0.348 e. The molecule has 1 fully saturated rings. The molecule has 0 aliphatic carbocycles. The average molecular weight is 341 g/mol. The summed E-state index contributed by atoms with van der Waals surface area (Å²) >= 11 is 0. The predicted molar refractivity (Wildman–Crippen MR) is 76.6 cm³/mol. The first kappa shape index (κ1) is 18.7. The van der Waals surface area contributed by atoms with Gasteiger partial charge in [0.15, 0.2) is 0 Å². The number of halogens is 5. The van der Waals surface area contributed by atoms with Crippen molar-refractivity contribution in [3.8, 4) is 0 Å². The molecule has 0 bridgehead atoms. The standard InChI is InChI=1S/C14H16F4N2O.ClH/c1-8-5-6-19-7-11(8)20-13(21)9-3-2-4-10(12(9)15)14(16,17)18;/h2-4,8,11,19H,5-7H2,1H3,(H,20,21);1H. The quantitative estimate of drug-likeness (QED) is 0.813. The summed E-state index contributed by atoms with van der Waals surface area (Å²) in [4.78, 5) is 12.0. The van der Waals surface area contributed by atoms with E-state index in [2.05, 4.69) is 10.6 Å². The van der Waals surface area contributed by atoms with Crippen molar-refractivity contribution in [2.45, 2.75) is 25.6 Å². The number of amides is 1. The van der Waals surface area contributed by atoms with E-state index in [0.29, 0.717) is 12.6 Å². The van der Waals surface area contributed by atoms with Crippen molar-refractivity contribution in [1.82, 2.24) is 10.6 Å². The first-order valence-electron chi connectivity index (χ1n) is 6.68. The maximum atomic E-state index is 13.9. The second kappa shape index (κ2) is 7.28. The third kappa shape index (κ3) is 4.10. The van der Waals surface area contributed by atoms with E-state index in [4.69, 9.17) is 0 Å². The summed E-state index contributed by atoms with van der Waals surface area (Å²) in [5, 5.41) is 5.68. The molecule has 1 aliphatic rings. The van der Waals surface area contributed by atoms with E-state index in [1.54, 1.807) is 0 Å². The Kier molecular flexibility index (Phi) is 6.19. The minimum atomic E-state index is -4.82. The van der Waals surface area contributed by atoms with Crippen molar-refractivity contribution >= 4 is 18.3 Å². The molecule has 1 aromatic rings. The lowest BCUT2D eigenvalue weighted by atomic mass is 9.94. The minimum absolute atomic E-state index is 0. The molecule has 0 saturated carbocycles. The monoisotopic (exact) mass is 340 g/mol. The maximum Gasteiger partial charge on any atom is 0.419 e. The van der Waals surface area contributed by atoms with Crippen molar-refractivity contribution in [3.63, 3.8) is 0 Å². The van der Waals surface area contributed by atoms with Gasteiger partial charge in [0.1, 0.15) is 5.82 Å². The molecule has 124 valence electrons. The first-order valence-corrected chi connectivity index (χ1v) is 6.68. The fourth-order valence-corrected chi connectivity index (χ4v) is 2.36. The molecule has 2 N–H and O–H groups in total. The Labute approximate surface area is 131 Å². The number of carbonyl (C=O) groups is 1. The molecule has 22 heavy (non-hydrogen) atoms. The Bertz CT molecular complexity index is 536. The number of alkyl halides is 3. The van der Waals surface area contributed by atoms with Gasteiger partial charge in [0.25, 0.3) is 5.91 Å². The van der Waals surface area contributed by atoms with Gasteiger partial charge in [0, 0.05) is 12.6 Å². The highest BCUT2D eigenvalue weighted by atomic mass is 35.5. The van der Waals surface area contributed by atoms with E-state index in [1.165, 1.54) is 0 Å².